The first kappa shape index (κ1) is 18.6. The van der Waals surface area contributed by atoms with Gasteiger partial charge in [0.1, 0.15) is 0 Å². The third-order valence-electron chi connectivity index (χ3n) is 3.81. The molecule has 3 heterocycles. The van der Waals surface area contributed by atoms with E-state index in [1.165, 1.54) is 18.5 Å². The van der Waals surface area contributed by atoms with Crippen LogP contribution in [0.1, 0.15) is 28.7 Å². The maximum atomic E-state index is 12.2. The highest BCUT2D eigenvalue weighted by Gasteiger charge is 2.28. The second-order valence-corrected chi connectivity index (χ2v) is 5.73. The van der Waals surface area contributed by atoms with Gasteiger partial charge in [-0.15, -0.1) is 0 Å². The summed E-state index contributed by atoms with van der Waals surface area (Å²) >= 11 is 0. The highest BCUT2D eigenvalue weighted by Crippen LogP contribution is 2.23. The van der Waals surface area contributed by atoms with Gasteiger partial charge in [0, 0.05) is 24.2 Å². The summed E-state index contributed by atoms with van der Waals surface area (Å²) in [5.41, 5.74) is 1.83. The maximum Gasteiger partial charge on any atom is 0.422 e. The first-order valence-corrected chi connectivity index (χ1v) is 8.00. The van der Waals surface area contributed by atoms with Crippen molar-refractivity contribution in [3.63, 3.8) is 0 Å². The molecule has 0 aromatic carbocycles. The Kier molecular flexibility index (Phi) is 4.98. The zero-order chi connectivity index (χ0) is 19.6. The van der Waals surface area contributed by atoms with Crippen molar-refractivity contribution in [3.05, 3.63) is 47.5 Å². The third kappa shape index (κ3) is 4.15. The van der Waals surface area contributed by atoms with Crippen LogP contribution in [0.3, 0.4) is 0 Å². The fourth-order valence-corrected chi connectivity index (χ4v) is 2.71. The Morgan fingerprint density at radius 2 is 2.04 bits per heavy atom. The second kappa shape index (κ2) is 7.22. The summed E-state index contributed by atoms with van der Waals surface area (Å²) in [4.78, 5) is 19.2. The first-order valence-electron chi connectivity index (χ1n) is 8.00. The van der Waals surface area contributed by atoms with Gasteiger partial charge >= 0.3 is 12.1 Å². The molecule has 27 heavy (non-hydrogen) atoms. The van der Waals surface area contributed by atoms with Crippen LogP contribution in [-0.4, -0.2) is 43.6 Å². The second-order valence-electron chi connectivity index (χ2n) is 5.73. The molecule has 0 aliphatic heterocycles. The minimum absolute atomic E-state index is 0.0652. The predicted molar refractivity (Wildman–Crippen MR) is 88.8 cm³/mol. The van der Waals surface area contributed by atoms with Gasteiger partial charge < -0.3 is 9.84 Å². The van der Waals surface area contributed by atoms with Gasteiger partial charge in [-0.3, -0.25) is 4.68 Å². The number of aryl methyl sites for hydroxylation is 1. The molecule has 0 aliphatic rings. The lowest BCUT2D eigenvalue weighted by Gasteiger charge is -2.09. The number of fused-ring (bicyclic) bond motifs is 1. The summed E-state index contributed by atoms with van der Waals surface area (Å²) in [5, 5.41) is 14.2. The minimum atomic E-state index is -4.43. The zero-order valence-corrected chi connectivity index (χ0v) is 14.2. The fourth-order valence-electron chi connectivity index (χ4n) is 2.71. The molecule has 10 heteroatoms. The molecule has 7 nitrogen and oxygen atoms in total. The number of carboxylic acid groups (broad SMARTS) is 1. The number of hydrogen-bond donors (Lipinski definition) is 1. The van der Waals surface area contributed by atoms with Crippen molar-refractivity contribution < 1.29 is 27.8 Å². The molecule has 0 aliphatic carbocycles. The highest BCUT2D eigenvalue weighted by atomic mass is 19.4. The summed E-state index contributed by atoms with van der Waals surface area (Å²) in [6.07, 6.45) is -1.12. The van der Waals surface area contributed by atoms with E-state index in [9.17, 15) is 23.1 Å². The summed E-state index contributed by atoms with van der Waals surface area (Å²) in [7, 11) is 0. The molecular weight excluding hydrogens is 365 g/mol. The highest BCUT2D eigenvalue weighted by molar-refractivity contribution is 6.01. The number of nitrogens with zero attached hydrogens (tertiary/aromatic N) is 4. The molecule has 0 bridgehead atoms. The van der Waals surface area contributed by atoms with Crippen LogP contribution in [-0.2, 0) is 13.0 Å². The van der Waals surface area contributed by atoms with Crippen LogP contribution in [0, 0.1) is 0 Å². The molecule has 3 aromatic heterocycles. The maximum absolute atomic E-state index is 12.2. The van der Waals surface area contributed by atoms with Crippen molar-refractivity contribution in [2.45, 2.75) is 26.1 Å². The van der Waals surface area contributed by atoms with Crippen molar-refractivity contribution in [2.75, 3.05) is 6.61 Å². The van der Waals surface area contributed by atoms with Gasteiger partial charge in [-0.1, -0.05) is 13.0 Å². The molecule has 0 unspecified atom stereocenters. The van der Waals surface area contributed by atoms with Crippen LogP contribution < -0.4 is 4.74 Å². The van der Waals surface area contributed by atoms with Crippen LogP contribution in [0.5, 0.6) is 5.88 Å². The van der Waals surface area contributed by atoms with E-state index < -0.39 is 18.8 Å². The molecule has 0 saturated carbocycles. The molecule has 0 spiro atoms. The quantitative estimate of drug-likeness (QED) is 0.707. The van der Waals surface area contributed by atoms with E-state index >= 15 is 0 Å². The molecule has 0 atom stereocenters. The van der Waals surface area contributed by atoms with Crippen LogP contribution in [0.2, 0.25) is 0 Å². The number of halogens is 3. The topological polar surface area (TPSA) is 90.1 Å². The van der Waals surface area contributed by atoms with Crippen molar-refractivity contribution in [2.24, 2.45) is 0 Å². The molecule has 0 fully saturated rings. The Labute approximate surface area is 151 Å². The number of carbonyl (C=O) groups is 1. The normalized spacial score (nSPS) is 11.7. The lowest BCUT2D eigenvalue weighted by molar-refractivity contribution is -0.154. The SMILES string of the molecule is CCc1c2c(C(=O)O)nccc2nn1Cc1ccc(OCC(F)(F)F)nc1. The number of carboxylic acids is 1. The van der Waals surface area contributed by atoms with E-state index in [2.05, 4.69) is 19.8 Å². The van der Waals surface area contributed by atoms with Crippen molar-refractivity contribution >= 4 is 16.9 Å². The van der Waals surface area contributed by atoms with Crippen molar-refractivity contribution in [1.82, 2.24) is 19.7 Å². The molecule has 3 rings (SSSR count). The number of hydrogen-bond acceptors (Lipinski definition) is 5. The van der Waals surface area contributed by atoms with Gasteiger partial charge in [-0.2, -0.15) is 18.3 Å². The summed E-state index contributed by atoms with van der Waals surface area (Å²) < 4.78 is 42.7. The molecule has 142 valence electrons. The Bertz CT molecular complexity index is 968. The van der Waals surface area contributed by atoms with Gasteiger partial charge in [0.25, 0.3) is 0 Å². The van der Waals surface area contributed by atoms with Crippen LogP contribution in [0.4, 0.5) is 13.2 Å². The number of aromatic nitrogens is 4. The zero-order valence-electron chi connectivity index (χ0n) is 14.2. The monoisotopic (exact) mass is 380 g/mol. The van der Waals surface area contributed by atoms with Crippen molar-refractivity contribution in [1.29, 1.82) is 0 Å². The van der Waals surface area contributed by atoms with Gasteiger partial charge in [-0.05, 0) is 18.1 Å². The number of pyridine rings is 2. The van der Waals surface area contributed by atoms with Gasteiger partial charge in [-0.25, -0.2) is 14.8 Å². The van der Waals surface area contributed by atoms with Crippen LogP contribution in [0.25, 0.3) is 10.9 Å². The lowest BCUT2D eigenvalue weighted by Crippen LogP contribution is -2.19. The third-order valence-corrected chi connectivity index (χ3v) is 3.81. The lowest BCUT2D eigenvalue weighted by atomic mass is 10.1. The van der Waals surface area contributed by atoms with E-state index in [4.69, 9.17) is 0 Å². The smallest absolute Gasteiger partial charge is 0.422 e. The van der Waals surface area contributed by atoms with Crippen LogP contribution in [0.15, 0.2) is 30.6 Å². The average Bonchev–Trinajstić information content (AvgIpc) is 2.97. The van der Waals surface area contributed by atoms with Gasteiger partial charge in [0.2, 0.25) is 5.88 Å². The van der Waals surface area contributed by atoms with Crippen LogP contribution >= 0.6 is 0 Å². The molecule has 0 amide bonds. The molecule has 0 saturated heterocycles. The Morgan fingerprint density at radius 1 is 1.26 bits per heavy atom. The Balaban J connectivity index is 1.86. The largest absolute Gasteiger partial charge is 0.476 e. The average molecular weight is 380 g/mol. The van der Waals surface area contributed by atoms with E-state index in [-0.39, 0.29) is 18.1 Å². The summed E-state index contributed by atoms with van der Waals surface area (Å²) in [5.74, 6) is -1.27. The number of ether oxygens (including phenoxy) is 1. The molecule has 3 aromatic rings. The van der Waals surface area contributed by atoms with E-state index in [1.54, 1.807) is 16.8 Å². The molecule has 1 N–H and O–H groups in total. The minimum Gasteiger partial charge on any atom is -0.476 e. The number of aromatic carboxylic acids is 1. The fraction of sp³-hybridized carbons (Fsp3) is 0.294. The van der Waals surface area contributed by atoms with E-state index in [0.717, 1.165) is 0 Å². The van der Waals surface area contributed by atoms with E-state index in [1.807, 2.05) is 6.92 Å². The van der Waals surface area contributed by atoms with Crippen molar-refractivity contribution in [3.8, 4) is 5.88 Å². The Morgan fingerprint density at radius 3 is 2.63 bits per heavy atom. The van der Waals surface area contributed by atoms with E-state index in [0.29, 0.717) is 28.6 Å². The van der Waals surface area contributed by atoms with Gasteiger partial charge in [0.05, 0.1) is 17.4 Å². The standard InChI is InChI=1S/C17H15F3N4O3/c1-2-12-14-11(5-6-21-15(14)16(25)26)23-24(12)8-10-3-4-13(22-7-10)27-9-17(18,19)20/h3-7H,2,8-9H2,1H3,(H,25,26). The summed E-state index contributed by atoms with van der Waals surface area (Å²) in [6, 6.07) is 4.56. The van der Waals surface area contributed by atoms with Gasteiger partial charge in [0.15, 0.2) is 12.3 Å². The number of rotatable bonds is 6. The summed E-state index contributed by atoms with van der Waals surface area (Å²) in [6.45, 7) is 0.746. The Hall–Kier alpha value is -3.17. The molecule has 0 radical (unpaired) electrons. The predicted octanol–water partition coefficient (Wildman–Crippen LogP) is 3.08. The number of alkyl halides is 3. The molecular formula is C17H15F3N4O3. The first-order chi connectivity index (χ1) is 12.8.